The van der Waals surface area contributed by atoms with Crippen LogP contribution in [0, 0.1) is 0 Å². The van der Waals surface area contributed by atoms with Gasteiger partial charge in [-0.15, -0.1) is 11.3 Å². The molecule has 7 heteroatoms. The van der Waals surface area contributed by atoms with Gasteiger partial charge in [0.05, 0.1) is 11.6 Å². The van der Waals surface area contributed by atoms with E-state index < -0.39 is 5.69 Å². The van der Waals surface area contributed by atoms with Crippen LogP contribution in [0.3, 0.4) is 0 Å². The third-order valence-corrected chi connectivity index (χ3v) is 4.31. The van der Waals surface area contributed by atoms with Crippen LogP contribution in [0.25, 0.3) is 0 Å². The molecule has 1 N–H and O–H groups in total. The first-order valence-corrected chi connectivity index (χ1v) is 7.78. The van der Waals surface area contributed by atoms with Crippen LogP contribution in [0.5, 0.6) is 0 Å². The van der Waals surface area contributed by atoms with Crippen LogP contribution < -0.4 is 11.2 Å². The van der Waals surface area contributed by atoms with E-state index in [2.05, 4.69) is 9.97 Å². The number of nitrogens with one attached hydrogen (secondary N) is 1. The van der Waals surface area contributed by atoms with Gasteiger partial charge in [-0.05, 0) is 12.8 Å². The molecule has 2 rings (SSSR count). The Kier molecular flexibility index (Phi) is 4.77. The predicted octanol–water partition coefficient (Wildman–Crippen LogP) is 2.60. The second-order valence-electron chi connectivity index (χ2n) is 4.44. The van der Waals surface area contributed by atoms with Crippen molar-refractivity contribution in [3.8, 4) is 0 Å². The Hall–Kier alpha value is -1.40. The third-order valence-electron chi connectivity index (χ3n) is 3.11. The monoisotopic (exact) mass is 313 g/mol. The number of hydrogen-bond donors (Lipinski definition) is 1. The lowest BCUT2D eigenvalue weighted by molar-refractivity contribution is 0.513. The zero-order valence-electron chi connectivity index (χ0n) is 11.4. The maximum atomic E-state index is 12.5. The van der Waals surface area contributed by atoms with Crippen molar-refractivity contribution in [3.63, 3.8) is 0 Å². The average molecular weight is 314 g/mol. The molecule has 20 heavy (non-hydrogen) atoms. The lowest BCUT2D eigenvalue weighted by Crippen LogP contribution is -2.40. The van der Waals surface area contributed by atoms with Gasteiger partial charge in [0.2, 0.25) is 0 Å². The van der Waals surface area contributed by atoms with Crippen LogP contribution in [0.4, 0.5) is 0 Å². The fraction of sp³-hybridized carbons (Fsp3) is 0.462. The summed E-state index contributed by atoms with van der Waals surface area (Å²) in [7, 11) is 0. The standard InChI is InChI=1S/C13H16ClN3O2S/c1-3-5-8-10(14)16-13(19)17(12(8)18)9(4-2)11-15-6-7-20-11/h6-7,9H,3-5H2,1-2H3,(H,16,19). The molecule has 0 amide bonds. The van der Waals surface area contributed by atoms with Crippen LogP contribution in [-0.4, -0.2) is 14.5 Å². The van der Waals surface area contributed by atoms with Crippen LogP contribution in [0.1, 0.15) is 43.3 Å². The molecule has 0 saturated heterocycles. The summed E-state index contributed by atoms with van der Waals surface area (Å²) in [6.45, 7) is 3.88. The van der Waals surface area contributed by atoms with Crippen LogP contribution in [0.15, 0.2) is 21.2 Å². The first-order valence-electron chi connectivity index (χ1n) is 6.52. The molecule has 2 aromatic heterocycles. The highest BCUT2D eigenvalue weighted by Crippen LogP contribution is 2.21. The molecule has 0 aliphatic rings. The molecule has 0 saturated carbocycles. The highest BCUT2D eigenvalue weighted by Gasteiger charge is 2.21. The maximum absolute atomic E-state index is 12.5. The van der Waals surface area contributed by atoms with Crippen LogP contribution in [-0.2, 0) is 6.42 Å². The minimum absolute atomic E-state index is 0.145. The van der Waals surface area contributed by atoms with Gasteiger partial charge in [-0.25, -0.2) is 9.78 Å². The van der Waals surface area contributed by atoms with E-state index in [1.165, 1.54) is 15.9 Å². The van der Waals surface area contributed by atoms with E-state index in [9.17, 15) is 9.59 Å². The van der Waals surface area contributed by atoms with E-state index in [0.29, 0.717) is 18.4 Å². The summed E-state index contributed by atoms with van der Waals surface area (Å²) in [5.41, 5.74) is -0.340. The summed E-state index contributed by atoms with van der Waals surface area (Å²) >= 11 is 7.41. The molecular weight excluding hydrogens is 298 g/mol. The lowest BCUT2D eigenvalue weighted by Gasteiger charge is -2.16. The minimum atomic E-state index is -0.484. The molecule has 1 unspecified atom stereocenters. The van der Waals surface area contributed by atoms with Gasteiger partial charge in [-0.1, -0.05) is 31.9 Å². The fourth-order valence-electron chi connectivity index (χ4n) is 2.18. The first kappa shape index (κ1) is 15.0. The molecule has 1 atom stereocenters. The predicted molar refractivity (Wildman–Crippen MR) is 80.9 cm³/mol. The summed E-state index contributed by atoms with van der Waals surface area (Å²) in [4.78, 5) is 31.4. The number of rotatable bonds is 5. The Morgan fingerprint density at radius 3 is 2.75 bits per heavy atom. The zero-order chi connectivity index (χ0) is 14.7. The Balaban J connectivity index is 2.64. The summed E-state index contributed by atoms with van der Waals surface area (Å²) in [6, 6.07) is -0.348. The first-order chi connectivity index (χ1) is 9.60. The summed E-state index contributed by atoms with van der Waals surface area (Å²) < 4.78 is 1.23. The van der Waals surface area contributed by atoms with Crippen molar-refractivity contribution in [2.75, 3.05) is 0 Å². The molecule has 0 radical (unpaired) electrons. The number of halogens is 1. The van der Waals surface area contributed by atoms with Crippen molar-refractivity contribution in [1.82, 2.24) is 14.5 Å². The number of nitrogens with zero attached hydrogens (tertiary/aromatic N) is 2. The summed E-state index contributed by atoms with van der Waals surface area (Å²) in [6.07, 6.45) is 3.62. The van der Waals surface area contributed by atoms with Gasteiger partial charge in [0.25, 0.3) is 5.56 Å². The molecule has 0 aliphatic carbocycles. The topological polar surface area (TPSA) is 67.8 Å². The molecular formula is C13H16ClN3O2S. The molecule has 2 aromatic rings. The van der Waals surface area contributed by atoms with Crippen molar-refractivity contribution in [3.05, 3.63) is 48.1 Å². The van der Waals surface area contributed by atoms with E-state index in [1.54, 1.807) is 6.20 Å². The van der Waals surface area contributed by atoms with Gasteiger partial charge in [-0.3, -0.25) is 14.3 Å². The van der Waals surface area contributed by atoms with Crippen molar-refractivity contribution in [2.24, 2.45) is 0 Å². The molecule has 0 aliphatic heterocycles. The molecule has 2 heterocycles. The molecule has 5 nitrogen and oxygen atoms in total. The van der Waals surface area contributed by atoms with Crippen molar-refractivity contribution in [2.45, 2.75) is 39.2 Å². The van der Waals surface area contributed by atoms with Gasteiger partial charge in [-0.2, -0.15) is 0 Å². The van der Waals surface area contributed by atoms with E-state index in [-0.39, 0.29) is 16.8 Å². The van der Waals surface area contributed by atoms with Crippen molar-refractivity contribution in [1.29, 1.82) is 0 Å². The van der Waals surface area contributed by atoms with Crippen molar-refractivity contribution >= 4 is 22.9 Å². The Labute approximate surface area is 125 Å². The number of hydrogen-bond acceptors (Lipinski definition) is 4. The SMILES string of the molecule is CCCc1c(Cl)[nH]c(=O)n(C(CC)c2nccs2)c1=O. The number of thiazole rings is 1. The second kappa shape index (κ2) is 6.37. The van der Waals surface area contributed by atoms with Gasteiger partial charge in [0.15, 0.2) is 0 Å². The largest absolute Gasteiger partial charge is 0.330 e. The van der Waals surface area contributed by atoms with Crippen molar-refractivity contribution < 1.29 is 0 Å². The molecule has 0 aromatic carbocycles. The van der Waals surface area contributed by atoms with Crippen LogP contribution in [0.2, 0.25) is 5.15 Å². The van der Waals surface area contributed by atoms with E-state index in [0.717, 1.165) is 11.4 Å². The molecule has 0 fully saturated rings. The smallest absolute Gasteiger partial charge is 0.297 e. The van der Waals surface area contributed by atoms with E-state index >= 15 is 0 Å². The number of aromatic nitrogens is 3. The summed E-state index contributed by atoms with van der Waals surface area (Å²) in [5.74, 6) is 0. The zero-order valence-corrected chi connectivity index (χ0v) is 12.9. The van der Waals surface area contributed by atoms with E-state index in [1.807, 2.05) is 19.2 Å². The van der Waals surface area contributed by atoms with E-state index in [4.69, 9.17) is 11.6 Å². The molecule has 0 spiro atoms. The van der Waals surface area contributed by atoms with Gasteiger partial charge < -0.3 is 0 Å². The molecule has 108 valence electrons. The maximum Gasteiger partial charge on any atom is 0.330 e. The van der Waals surface area contributed by atoms with Gasteiger partial charge in [0.1, 0.15) is 10.2 Å². The Morgan fingerprint density at radius 1 is 1.45 bits per heavy atom. The average Bonchev–Trinajstić information content (AvgIpc) is 2.93. The third kappa shape index (κ3) is 2.71. The lowest BCUT2D eigenvalue weighted by atomic mass is 10.2. The quantitative estimate of drug-likeness (QED) is 0.863. The number of aromatic amines is 1. The highest BCUT2D eigenvalue weighted by molar-refractivity contribution is 7.09. The normalized spacial score (nSPS) is 12.6. The number of H-pyrrole nitrogens is 1. The Morgan fingerprint density at radius 2 is 2.20 bits per heavy atom. The molecule has 0 bridgehead atoms. The van der Waals surface area contributed by atoms with Gasteiger partial charge >= 0.3 is 5.69 Å². The van der Waals surface area contributed by atoms with Crippen LogP contribution >= 0.6 is 22.9 Å². The highest BCUT2D eigenvalue weighted by atomic mass is 35.5. The summed E-state index contributed by atoms with van der Waals surface area (Å²) in [5, 5.41) is 2.73. The second-order valence-corrected chi connectivity index (χ2v) is 5.75. The minimum Gasteiger partial charge on any atom is -0.297 e. The fourth-order valence-corrected chi connectivity index (χ4v) is 3.25. The van der Waals surface area contributed by atoms with Gasteiger partial charge in [0, 0.05) is 11.6 Å². The Bertz CT molecular complexity index is 691.